The molecule has 2 fully saturated rings. The van der Waals surface area contributed by atoms with Crippen LogP contribution in [0.2, 0.25) is 0 Å². The third kappa shape index (κ3) is 5.61. The first-order valence-electron chi connectivity index (χ1n) is 11.7. The molecule has 0 spiro atoms. The van der Waals surface area contributed by atoms with E-state index in [1.807, 2.05) is 0 Å². The SMILES string of the molecule is C=CCOc1ccc(C(O)=C2C(=O)C(=O)N(CCCN3CCOCC3)[C@H]2c2ccc(F)cc2)cc1. The lowest BCUT2D eigenvalue weighted by molar-refractivity contribution is -0.140. The number of ketones is 1. The van der Waals surface area contributed by atoms with Crippen molar-refractivity contribution in [3.8, 4) is 5.75 Å². The van der Waals surface area contributed by atoms with Gasteiger partial charge in [-0.15, -0.1) is 0 Å². The molecule has 35 heavy (non-hydrogen) atoms. The van der Waals surface area contributed by atoms with Gasteiger partial charge in [-0.25, -0.2) is 4.39 Å². The van der Waals surface area contributed by atoms with Crippen molar-refractivity contribution in [2.75, 3.05) is 46.0 Å². The zero-order chi connectivity index (χ0) is 24.8. The van der Waals surface area contributed by atoms with Crippen LogP contribution in [0.15, 0.2) is 66.8 Å². The smallest absolute Gasteiger partial charge is 0.295 e. The summed E-state index contributed by atoms with van der Waals surface area (Å²) in [5.74, 6) is -1.54. The van der Waals surface area contributed by atoms with Crippen molar-refractivity contribution < 1.29 is 28.6 Å². The number of hydrogen-bond donors (Lipinski definition) is 1. The third-order valence-electron chi connectivity index (χ3n) is 6.20. The highest BCUT2D eigenvalue weighted by Crippen LogP contribution is 2.39. The maximum Gasteiger partial charge on any atom is 0.295 e. The second-order valence-electron chi connectivity index (χ2n) is 8.48. The van der Waals surface area contributed by atoms with Crippen LogP contribution < -0.4 is 4.74 Å². The first-order chi connectivity index (χ1) is 17.0. The minimum absolute atomic E-state index is 0.00672. The van der Waals surface area contributed by atoms with E-state index in [0.29, 0.717) is 49.7 Å². The van der Waals surface area contributed by atoms with Crippen molar-refractivity contribution in [3.05, 3.63) is 83.7 Å². The van der Waals surface area contributed by atoms with Gasteiger partial charge in [0.05, 0.1) is 24.8 Å². The summed E-state index contributed by atoms with van der Waals surface area (Å²) >= 11 is 0. The van der Waals surface area contributed by atoms with Gasteiger partial charge in [-0.05, 0) is 48.4 Å². The molecule has 2 saturated heterocycles. The highest BCUT2D eigenvalue weighted by Gasteiger charge is 2.45. The Hall–Kier alpha value is -3.49. The fourth-order valence-corrected chi connectivity index (χ4v) is 4.41. The Balaban J connectivity index is 1.63. The lowest BCUT2D eigenvalue weighted by Crippen LogP contribution is -2.38. The van der Waals surface area contributed by atoms with Gasteiger partial charge >= 0.3 is 0 Å². The molecule has 7 nitrogen and oxygen atoms in total. The number of carbonyl (C=O) groups is 2. The van der Waals surface area contributed by atoms with Crippen molar-refractivity contribution in [2.45, 2.75) is 12.5 Å². The van der Waals surface area contributed by atoms with Crippen LogP contribution in [0.25, 0.3) is 5.76 Å². The summed E-state index contributed by atoms with van der Waals surface area (Å²) in [7, 11) is 0. The van der Waals surface area contributed by atoms with Crippen molar-refractivity contribution in [1.29, 1.82) is 0 Å². The number of rotatable bonds is 9. The van der Waals surface area contributed by atoms with E-state index in [-0.39, 0.29) is 11.3 Å². The van der Waals surface area contributed by atoms with Crippen molar-refractivity contribution in [1.82, 2.24) is 9.80 Å². The van der Waals surface area contributed by atoms with E-state index in [0.717, 1.165) is 19.6 Å². The number of carbonyl (C=O) groups excluding carboxylic acids is 2. The molecule has 2 aliphatic heterocycles. The number of morpholine rings is 1. The van der Waals surface area contributed by atoms with Crippen LogP contribution in [0.1, 0.15) is 23.6 Å². The number of halogens is 1. The van der Waals surface area contributed by atoms with Gasteiger partial charge < -0.3 is 19.5 Å². The quantitative estimate of drug-likeness (QED) is 0.256. The normalized spacial score (nSPS) is 20.3. The monoisotopic (exact) mass is 480 g/mol. The van der Waals surface area contributed by atoms with E-state index in [1.54, 1.807) is 42.5 Å². The van der Waals surface area contributed by atoms with Crippen LogP contribution in [-0.2, 0) is 14.3 Å². The first kappa shape index (κ1) is 24.6. The summed E-state index contributed by atoms with van der Waals surface area (Å²) in [6.07, 6.45) is 2.28. The zero-order valence-corrected chi connectivity index (χ0v) is 19.5. The average Bonchev–Trinajstić information content (AvgIpc) is 3.13. The van der Waals surface area contributed by atoms with E-state index in [1.165, 1.54) is 17.0 Å². The highest BCUT2D eigenvalue weighted by atomic mass is 19.1. The summed E-state index contributed by atoms with van der Waals surface area (Å²) in [6.45, 7) is 8.04. The largest absolute Gasteiger partial charge is 0.507 e. The molecule has 1 N–H and O–H groups in total. The Morgan fingerprint density at radius 3 is 2.43 bits per heavy atom. The van der Waals surface area contributed by atoms with E-state index in [9.17, 15) is 19.1 Å². The van der Waals surface area contributed by atoms with Crippen LogP contribution in [0, 0.1) is 5.82 Å². The van der Waals surface area contributed by atoms with Crippen LogP contribution in [0.4, 0.5) is 4.39 Å². The molecule has 2 aliphatic rings. The number of benzene rings is 2. The Labute approximate surface area is 204 Å². The molecule has 8 heteroatoms. The van der Waals surface area contributed by atoms with Crippen molar-refractivity contribution in [2.24, 2.45) is 0 Å². The number of likely N-dealkylation sites (tertiary alicyclic amines) is 1. The Bertz CT molecular complexity index is 1090. The summed E-state index contributed by atoms with van der Waals surface area (Å²) in [5.41, 5.74) is 0.937. The van der Waals surface area contributed by atoms with E-state index in [2.05, 4.69) is 11.5 Å². The molecule has 184 valence electrons. The van der Waals surface area contributed by atoms with Gasteiger partial charge in [0.15, 0.2) is 0 Å². The highest BCUT2D eigenvalue weighted by molar-refractivity contribution is 6.46. The molecular formula is C27H29FN2O5. The predicted octanol–water partition coefficient (Wildman–Crippen LogP) is 3.53. The van der Waals surface area contributed by atoms with Crippen LogP contribution in [0.5, 0.6) is 5.75 Å². The summed E-state index contributed by atoms with van der Waals surface area (Å²) in [6, 6.07) is 11.4. The zero-order valence-electron chi connectivity index (χ0n) is 19.5. The van der Waals surface area contributed by atoms with E-state index in [4.69, 9.17) is 9.47 Å². The third-order valence-corrected chi connectivity index (χ3v) is 6.20. The van der Waals surface area contributed by atoms with Gasteiger partial charge in [-0.2, -0.15) is 0 Å². The number of Topliss-reactive ketones (excluding diaryl/α,β-unsaturated/α-hetero) is 1. The van der Waals surface area contributed by atoms with Crippen LogP contribution >= 0.6 is 0 Å². The van der Waals surface area contributed by atoms with Gasteiger partial charge in [0.25, 0.3) is 11.7 Å². The first-order valence-corrected chi connectivity index (χ1v) is 11.7. The molecule has 0 radical (unpaired) electrons. The average molecular weight is 481 g/mol. The number of ether oxygens (including phenoxy) is 2. The van der Waals surface area contributed by atoms with Crippen molar-refractivity contribution in [3.63, 3.8) is 0 Å². The van der Waals surface area contributed by atoms with E-state index < -0.39 is 23.5 Å². The van der Waals surface area contributed by atoms with Crippen LogP contribution in [0.3, 0.4) is 0 Å². The van der Waals surface area contributed by atoms with Gasteiger partial charge in [0, 0.05) is 31.7 Å². The number of aliphatic hydroxyl groups is 1. The molecule has 2 aromatic carbocycles. The maximum atomic E-state index is 13.6. The minimum Gasteiger partial charge on any atom is -0.507 e. The predicted molar refractivity (Wildman–Crippen MR) is 129 cm³/mol. The minimum atomic E-state index is -0.808. The molecular weight excluding hydrogens is 451 g/mol. The van der Waals surface area contributed by atoms with Gasteiger partial charge in [0.1, 0.15) is 23.9 Å². The Kier molecular flexibility index (Phi) is 7.94. The standard InChI is InChI=1S/C27H29FN2O5/c1-2-16-35-22-10-6-20(7-11-22)25(31)23-24(19-4-8-21(28)9-5-19)30(27(33)26(23)32)13-3-12-29-14-17-34-18-15-29/h2,4-11,24,31H,1,3,12-18H2/t24-/m0/s1. The molecule has 0 bridgehead atoms. The lowest BCUT2D eigenvalue weighted by Gasteiger charge is -2.29. The molecule has 2 heterocycles. The summed E-state index contributed by atoms with van der Waals surface area (Å²) < 4.78 is 24.5. The fourth-order valence-electron chi connectivity index (χ4n) is 4.41. The van der Waals surface area contributed by atoms with Gasteiger partial charge in [0.2, 0.25) is 0 Å². The summed E-state index contributed by atoms with van der Waals surface area (Å²) in [4.78, 5) is 29.9. The lowest BCUT2D eigenvalue weighted by atomic mass is 9.95. The Morgan fingerprint density at radius 2 is 1.77 bits per heavy atom. The molecule has 1 amide bonds. The fraction of sp³-hybridized carbons (Fsp3) is 0.333. The molecule has 2 aromatic rings. The maximum absolute atomic E-state index is 13.6. The van der Waals surface area contributed by atoms with Crippen LogP contribution in [-0.4, -0.2) is 72.6 Å². The van der Waals surface area contributed by atoms with Gasteiger partial charge in [-0.3, -0.25) is 14.5 Å². The molecule has 0 aliphatic carbocycles. The number of amides is 1. The topological polar surface area (TPSA) is 79.3 Å². The molecule has 0 aromatic heterocycles. The Morgan fingerprint density at radius 1 is 1.09 bits per heavy atom. The number of aliphatic hydroxyl groups excluding tert-OH is 1. The summed E-state index contributed by atoms with van der Waals surface area (Å²) in [5, 5.41) is 11.1. The second kappa shape index (κ2) is 11.3. The number of hydrogen-bond acceptors (Lipinski definition) is 6. The van der Waals surface area contributed by atoms with Gasteiger partial charge in [-0.1, -0.05) is 24.8 Å². The molecule has 4 rings (SSSR count). The molecule has 1 atom stereocenters. The number of nitrogens with zero attached hydrogens (tertiary/aromatic N) is 2. The second-order valence-corrected chi connectivity index (χ2v) is 8.48. The molecule has 0 saturated carbocycles. The van der Waals surface area contributed by atoms with E-state index >= 15 is 0 Å². The van der Waals surface area contributed by atoms with Crippen molar-refractivity contribution >= 4 is 17.4 Å². The molecule has 0 unspecified atom stereocenters.